The summed E-state index contributed by atoms with van der Waals surface area (Å²) >= 11 is 0. The van der Waals surface area contributed by atoms with E-state index in [0.717, 1.165) is 55.3 Å². The zero-order valence-electron chi connectivity index (χ0n) is 37.8. The number of fused-ring (bicyclic) bond motifs is 8. The van der Waals surface area contributed by atoms with Gasteiger partial charge in [0.1, 0.15) is 11.2 Å². The monoisotopic (exact) mass is 895 g/mol. The summed E-state index contributed by atoms with van der Waals surface area (Å²) in [6.07, 6.45) is 0. The predicted molar refractivity (Wildman–Crippen MR) is 295 cm³/mol. The molecule has 13 rings (SSSR count). The van der Waals surface area contributed by atoms with Gasteiger partial charge < -0.3 is 9.32 Å². The van der Waals surface area contributed by atoms with E-state index < -0.39 is 8.07 Å². The summed E-state index contributed by atoms with van der Waals surface area (Å²) in [5, 5.41) is 14.8. The average Bonchev–Trinajstić information content (AvgIpc) is 3.82. The molecule has 13 aromatic rings. The number of benzene rings is 12. The van der Waals surface area contributed by atoms with E-state index in [1.807, 2.05) is 0 Å². The largest absolute Gasteiger partial charge is 0.455 e. The summed E-state index contributed by atoms with van der Waals surface area (Å²) in [4.78, 5) is 2.43. The minimum absolute atomic E-state index is 0.876. The number of rotatable bonds is 9. The van der Waals surface area contributed by atoms with E-state index in [1.165, 1.54) is 59.0 Å². The van der Waals surface area contributed by atoms with Gasteiger partial charge in [0.25, 0.3) is 0 Å². The standard InChI is InChI=1S/C66H45NOSi/c1-5-19-46(20-6-1)57-32-18-34-63-65(57)60-44-37-48-22-17-33-62(64(48)66(60)68-63)67(50-38-35-47(36-39-50)61-45-49-21-13-14-29-56(49)58-30-15-16-31-59(58)61)51-40-42-55(43-41-51)69(52-23-7-2-8-24-52,53-25-9-3-10-26-53)54-27-11-4-12-28-54/h1-45H. The van der Waals surface area contributed by atoms with Crippen molar-refractivity contribution in [3.05, 3.63) is 273 Å². The van der Waals surface area contributed by atoms with E-state index in [-0.39, 0.29) is 0 Å². The summed E-state index contributed by atoms with van der Waals surface area (Å²) in [5.74, 6) is 0. The zero-order valence-corrected chi connectivity index (χ0v) is 38.8. The van der Waals surface area contributed by atoms with Crippen LogP contribution in [0.5, 0.6) is 0 Å². The smallest absolute Gasteiger partial charge is 0.179 e. The molecule has 324 valence electrons. The number of anilines is 3. The number of hydrogen-bond acceptors (Lipinski definition) is 2. The Morgan fingerprint density at radius 2 is 0.812 bits per heavy atom. The van der Waals surface area contributed by atoms with Crippen LogP contribution in [0.1, 0.15) is 0 Å². The van der Waals surface area contributed by atoms with Crippen molar-refractivity contribution in [3.8, 4) is 22.3 Å². The molecule has 0 bridgehead atoms. The van der Waals surface area contributed by atoms with Crippen LogP contribution < -0.4 is 25.6 Å². The first-order valence-corrected chi connectivity index (χ1v) is 25.7. The highest BCUT2D eigenvalue weighted by atomic mass is 28.3. The third-order valence-corrected chi connectivity index (χ3v) is 19.0. The first-order chi connectivity index (χ1) is 34.2. The van der Waals surface area contributed by atoms with Crippen molar-refractivity contribution in [2.24, 2.45) is 0 Å². The Labute approximate surface area is 402 Å². The lowest BCUT2D eigenvalue weighted by Crippen LogP contribution is -2.74. The van der Waals surface area contributed by atoms with Crippen LogP contribution in [0, 0.1) is 0 Å². The predicted octanol–water partition coefficient (Wildman–Crippen LogP) is 15.2. The molecular formula is C66H45NOSi. The molecule has 0 atom stereocenters. The average molecular weight is 896 g/mol. The summed E-state index contributed by atoms with van der Waals surface area (Å²) in [6.45, 7) is 0. The molecule has 0 aliphatic rings. The molecule has 1 heterocycles. The molecule has 69 heavy (non-hydrogen) atoms. The molecule has 0 spiro atoms. The van der Waals surface area contributed by atoms with Crippen LogP contribution in [0.4, 0.5) is 17.1 Å². The Morgan fingerprint density at radius 3 is 1.46 bits per heavy atom. The number of hydrogen-bond donors (Lipinski definition) is 0. The van der Waals surface area contributed by atoms with Crippen LogP contribution in [0.3, 0.4) is 0 Å². The Bertz CT molecular complexity index is 3880. The van der Waals surface area contributed by atoms with Crippen LogP contribution in [0.2, 0.25) is 0 Å². The molecule has 0 unspecified atom stereocenters. The summed E-state index contributed by atoms with van der Waals surface area (Å²) < 4.78 is 7.03. The Kier molecular flexibility index (Phi) is 9.88. The quantitative estimate of drug-likeness (QED) is 0.0815. The van der Waals surface area contributed by atoms with Crippen LogP contribution >= 0.6 is 0 Å². The Morgan fingerprint density at radius 1 is 0.304 bits per heavy atom. The van der Waals surface area contributed by atoms with E-state index in [9.17, 15) is 0 Å². The van der Waals surface area contributed by atoms with Gasteiger partial charge in [-0.15, -0.1) is 0 Å². The first kappa shape index (κ1) is 40.5. The lowest BCUT2D eigenvalue weighted by atomic mass is 9.93. The van der Waals surface area contributed by atoms with E-state index in [4.69, 9.17) is 4.42 Å². The third kappa shape index (κ3) is 6.70. The van der Waals surface area contributed by atoms with E-state index >= 15 is 0 Å². The first-order valence-electron chi connectivity index (χ1n) is 23.7. The highest BCUT2D eigenvalue weighted by Crippen LogP contribution is 2.46. The van der Waals surface area contributed by atoms with E-state index in [2.05, 4.69) is 278 Å². The molecule has 0 radical (unpaired) electrons. The van der Waals surface area contributed by atoms with Gasteiger partial charge in [0.05, 0.1) is 5.69 Å². The molecule has 0 aliphatic carbocycles. The zero-order chi connectivity index (χ0) is 45.7. The molecule has 1 aromatic heterocycles. The molecule has 0 saturated heterocycles. The van der Waals surface area contributed by atoms with Crippen molar-refractivity contribution in [3.63, 3.8) is 0 Å². The van der Waals surface area contributed by atoms with Gasteiger partial charge in [-0.25, -0.2) is 0 Å². The van der Waals surface area contributed by atoms with Crippen LogP contribution in [-0.2, 0) is 0 Å². The molecule has 2 nitrogen and oxygen atoms in total. The van der Waals surface area contributed by atoms with E-state index in [1.54, 1.807) is 0 Å². The normalized spacial score (nSPS) is 11.8. The second kappa shape index (κ2) is 16.8. The summed E-state index contributed by atoms with van der Waals surface area (Å²) in [5.41, 5.74) is 9.65. The van der Waals surface area contributed by atoms with Crippen molar-refractivity contribution < 1.29 is 4.42 Å². The summed E-state index contributed by atoms with van der Waals surface area (Å²) in [7, 11) is -2.77. The fourth-order valence-corrected chi connectivity index (χ4v) is 15.9. The molecule has 12 aromatic carbocycles. The number of furan rings is 1. The van der Waals surface area contributed by atoms with Gasteiger partial charge in [-0.2, -0.15) is 0 Å². The lowest BCUT2D eigenvalue weighted by molar-refractivity contribution is 0.673. The highest BCUT2D eigenvalue weighted by Gasteiger charge is 2.41. The van der Waals surface area contributed by atoms with E-state index in [0.29, 0.717) is 0 Å². The van der Waals surface area contributed by atoms with Gasteiger partial charge in [0.2, 0.25) is 0 Å². The summed E-state index contributed by atoms with van der Waals surface area (Å²) in [6, 6.07) is 100. The van der Waals surface area contributed by atoms with Crippen LogP contribution in [0.15, 0.2) is 277 Å². The molecule has 0 amide bonds. The fraction of sp³-hybridized carbons (Fsp3) is 0. The fourth-order valence-electron chi connectivity index (χ4n) is 11.1. The van der Waals surface area contributed by atoms with Crippen molar-refractivity contribution in [1.82, 2.24) is 0 Å². The Hall–Kier alpha value is -8.76. The maximum absolute atomic E-state index is 7.03. The lowest BCUT2D eigenvalue weighted by Gasteiger charge is -2.35. The number of nitrogens with zero attached hydrogens (tertiary/aromatic N) is 1. The molecular weight excluding hydrogens is 851 g/mol. The van der Waals surface area contributed by atoms with Gasteiger partial charge in [-0.05, 0) is 118 Å². The highest BCUT2D eigenvalue weighted by molar-refractivity contribution is 7.19. The topological polar surface area (TPSA) is 16.4 Å². The molecule has 0 aliphatic heterocycles. The molecule has 0 N–H and O–H groups in total. The van der Waals surface area contributed by atoms with Gasteiger partial charge in [-0.3, -0.25) is 0 Å². The Balaban J connectivity index is 1.04. The van der Waals surface area contributed by atoms with Crippen molar-refractivity contribution >= 4 is 100 Å². The van der Waals surface area contributed by atoms with Gasteiger partial charge in [0.15, 0.2) is 8.07 Å². The third-order valence-electron chi connectivity index (χ3n) is 14.2. The van der Waals surface area contributed by atoms with Crippen molar-refractivity contribution in [1.29, 1.82) is 0 Å². The maximum Gasteiger partial charge on any atom is 0.179 e. The maximum atomic E-state index is 7.03. The van der Waals surface area contributed by atoms with Gasteiger partial charge >= 0.3 is 0 Å². The molecule has 0 fully saturated rings. The second-order valence-corrected chi connectivity index (χ2v) is 21.7. The SMILES string of the molecule is c1ccc(-c2cccc3oc4c(ccc5cccc(N(c6ccc(-c7cc8ccccc8c8ccccc78)cc6)c6ccc([Si](c7ccccc7)(c7ccccc7)c7ccccc7)cc6)c54)c23)cc1. The molecule has 3 heteroatoms. The minimum Gasteiger partial charge on any atom is -0.455 e. The van der Waals surface area contributed by atoms with Crippen molar-refractivity contribution in [2.45, 2.75) is 0 Å². The van der Waals surface area contributed by atoms with Gasteiger partial charge in [0, 0.05) is 27.5 Å². The van der Waals surface area contributed by atoms with Crippen molar-refractivity contribution in [2.75, 3.05) is 4.90 Å². The second-order valence-electron chi connectivity index (χ2n) is 17.9. The minimum atomic E-state index is -2.77. The van der Waals surface area contributed by atoms with Crippen LogP contribution in [-0.4, -0.2) is 8.07 Å². The molecule has 0 saturated carbocycles. The van der Waals surface area contributed by atoms with Crippen LogP contribution in [0.25, 0.3) is 76.5 Å². The van der Waals surface area contributed by atoms with Gasteiger partial charge in [-0.1, -0.05) is 224 Å².